The van der Waals surface area contributed by atoms with E-state index in [0.29, 0.717) is 19.8 Å². The van der Waals surface area contributed by atoms with E-state index in [2.05, 4.69) is 26.2 Å². The van der Waals surface area contributed by atoms with Crippen LogP contribution in [0, 0.1) is 0 Å². The lowest BCUT2D eigenvalue weighted by atomic mass is 10.4. The Balaban J connectivity index is 2.20. The maximum atomic E-state index is 5.32. The maximum absolute atomic E-state index is 5.32. The molecule has 0 aromatic carbocycles. The molecule has 0 aliphatic heterocycles. The van der Waals surface area contributed by atoms with E-state index in [0.717, 1.165) is 12.2 Å². The summed E-state index contributed by atoms with van der Waals surface area (Å²) in [5, 5.41) is 8.00. The van der Waals surface area contributed by atoms with E-state index in [1.165, 1.54) is 0 Å². The van der Waals surface area contributed by atoms with E-state index >= 15 is 0 Å². The molecule has 1 atom stereocenters. The highest BCUT2D eigenvalue weighted by molar-refractivity contribution is 9.09. The number of methoxy groups -OCH3 is 1. The summed E-state index contributed by atoms with van der Waals surface area (Å²) in [4.78, 5) is 0.237. The third kappa shape index (κ3) is 4.72. The molecule has 0 bridgehead atoms. The van der Waals surface area contributed by atoms with E-state index in [9.17, 15) is 0 Å². The predicted octanol–water partition coefficient (Wildman–Crippen LogP) is 1.40. The number of rotatable bonds is 7. The van der Waals surface area contributed by atoms with Crippen LogP contribution in [0.15, 0.2) is 6.20 Å². The van der Waals surface area contributed by atoms with Gasteiger partial charge in [0.2, 0.25) is 0 Å². The minimum atomic E-state index is 0.237. The van der Waals surface area contributed by atoms with Crippen LogP contribution in [-0.4, -0.2) is 41.9 Å². The lowest BCUT2D eigenvalue weighted by Crippen LogP contribution is -2.09. The van der Waals surface area contributed by atoms with Gasteiger partial charge in [0.15, 0.2) is 0 Å². The molecule has 6 heteroatoms. The number of ether oxygens (including phenoxy) is 2. The number of alkyl halides is 1. The zero-order valence-corrected chi connectivity index (χ0v) is 10.6. The van der Waals surface area contributed by atoms with Gasteiger partial charge < -0.3 is 9.47 Å². The smallest absolute Gasteiger partial charge is 0.0960 e. The van der Waals surface area contributed by atoms with Gasteiger partial charge in [0.1, 0.15) is 0 Å². The van der Waals surface area contributed by atoms with Gasteiger partial charge in [-0.1, -0.05) is 21.1 Å². The molecule has 0 saturated carbocycles. The first-order valence-corrected chi connectivity index (χ1v) is 5.76. The first kappa shape index (κ1) is 12.6. The van der Waals surface area contributed by atoms with Crippen molar-refractivity contribution in [1.82, 2.24) is 15.0 Å². The van der Waals surface area contributed by atoms with Crippen molar-refractivity contribution in [2.45, 2.75) is 18.3 Å². The lowest BCUT2D eigenvalue weighted by Gasteiger charge is -2.02. The van der Waals surface area contributed by atoms with Gasteiger partial charge in [-0.25, -0.2) is 4.68 Å². The summed E-state index contributed by atoms with van der Waals surface area (Å²) >= 11 is 3.43. The van der Waals surface area contributed by atoms with Crippen molar-refractivity contribution in [3.05, 3.63) is 11.9 Å². The number of hydrogen-bond donors (Lipinski definition) is 0. The predicted molar refractivity (Wildman–Crippen MR) is 60.1 cm³/mol. The number of aromatic nitrogens is 3. The molecule has 0 spiro atoms. The van der Waals surface area contributed by atoms with E-state index < -0.39 is 0 Å². The third-order valence-corrected chi connectivity index (χ3v) is 2.33. The average Bonchev–Trinajstić information content (AvgIpc) is 2.66. The first-order chi connectivity index (χ1) is 7.24. The van der Waals surface area contributed by atoms with Gasteiger partial charge in [-0.3, -0.25) is 0 Å². The highest BCUT2D eigenvalue weighted by Gasteiger charge is 2.05. The molecular weight excluding hydrogens is 262 g/mol. The first-order valence-electron chi connectivity index (χ1n) is 4.85. The van der Waals surface area contributed by atoms with Crippen LogP contribution < -0.4 is 0 Å². The molecule has 5 nitrogen and oxygen atoms in total. The minimum absolute atomic E-state index is 0.237. The molecule has 0 radical (unpaired) electrons. The Bertz CT molecular complexity index is 278. The third-order valence-electron chi connectivity index (χ3n) is 1.86. The van der Waals surface area contributed by atoms with Crippen LogP contribution in [0.5, 0.6) is 0 Å². The summed E-state index contributed by atoms with van der Waals surface area (Å²) < 4.78 is 12.0. The number of nitrogens with zero attached hydrogens (tertiary/aromatic N) is 3. The SMILES string of the molecule is COCCOCCn1cc(C(C)Br)nn1. The molecule has 15 heavy (non-hydrogen) atoms. The molecule has 1 rings (SSSR count). The fourth-order valence-electron chi connectivity index (χ4n) is 1.01. The van der Waals surface area contributed by atoms with Crippen molar-refractivity contribution in [2.24, 2.45) is 0 Å². The Morgan fingerprint density at radius 1 is 1.47 bits per heavy atom. The number of halogens is 1. The molecule has 0 amide bonds. The Kier molecular flexibility index (Phi) is 5.82. The summed E-state index contributed by atoms with van der Waals surface area (Å²) in [5.74, 6) is 0. The van der Waals surface area contributed by atoms with Crippen molar-refractivity contribution in [2.75, 3.05) is 26.9 Å². The molecule has 0 aliphatic rings. The van der Waals surface area contributed by atoms with Crippen LogP contribution in [0.25, 0.3) is 0 Å². The summed E-state index contributed by atoms with van der Waals surface area (Å²) in [6.45, 7) is 4.61. The zero-order valence-electron chi connectivity index (χ0n) is 9.02. The highest BCUT2D eigenvalue weighted by Crippen LogP contribution is 2.17. The molecule has 86 valence electrons. The summed E-state index contributed by atoms with van der Waals surface area (Å²) in [6.07, 6.45) is 1.92. The summed E-state index contributed by atoms with van der Waals surface area (Å²) in [5.41, 5.74) is 0.937. The quantitative estimate of drug-likeness (QED) is 0.558. The van der Waals surface area contributed by atoms with Gasteiger partial charge in [0.05, 0.1) is 36.9 Å². The van der Waals surface area contributed by atoms with E-state index in [-0.39, 0.29) is 4.83 Å². The van der Waals surface area contributed by atoms with E-state index in [1.807, 2.05) is 13.1 Å². The van der Waals surface area contributed by atoms with Gasteiger partial charge in [-0.2, -0.15) is 0 Å². The Morgan fingerprint density at radius 3 is 2.87 bits per heavy atom. The van der Waals surface area contributed by atoms with Crippen molar-refractivity contribution < 1.29 is 9.47 Å². The van der Waals surface area contributed by atoms with Gasteiger partial charge in [0.25, 0.3) is 0 Å². The molecule has 1 heterocycles. The fourth-order valence-corrected chi connectivity index (χ4v) is 1.22. The highest BCUT2D eigenvalue weighted by atomic mass is 79.9. The fraction of sp³-hybridized carbons (Fsp3) is 0.778. The van der Waals surface area contributed by atoms with Crippen molar-refractivity contribution in [1.29, 1.82) is 0 Å². The molecule has 0 aliphatic carbocycles. The molecular formula is C9H16BrN3O2. The van der Waals surface area contributed by atoms with Gasteiger partial charge in [-0.05, 0) is 6.92 Å². The second-order valence-corrected chi connectivity index (χ2v) is 4.50. The van der Waals surface area contributed by atoms with E-state index in [4.69, 9.17) is 9.47 Å². The van der Waals surface area contributed by atoms with Crippen LogP contribution in [0.1, 0.15) is 17.4 Å². The molecule has 1 aromatic heterocycles. The molecule has 1 unspecified atom stereocenters. The van der Waals surface area contributed by atoms with Crippen LogP contribution in [-0.2, 0) is 16.0 Å². The molecule has 0 N–H and O–H groups in total. The van der Waals surface area contributed by atoms with Crippen molar-refractivity contribution in [3.8, 4) is 0 Å². The second-order valence-electron chi connectivity index (χ2n) is 3.13. The second kappa shape index (κ2) is 6.92. The zero-order chi connectivity index (χ0) is 11.1. The lowest BCUT2D eigenvalue weighted by molar-refractivity contribution is 0.0652. The van der Waals surface area contributed by atoms with Gasteiger partial charge >= 0.3 is 0 Å². The standard InChI is InChI=1S/C9H16BrN3O2/c1-8(10)9-7-13(12-11-9)3-4-15-6-5-14-2/h7-8H,3-6H2,1-2H3. The largest absolute Gasteiger partial charge is 0.382 e. The monoisotopic (exact) mass is 277 g/mol. The van der Waals surface area contributed by atoms with Gasteiger partial charge in [-0.15, -0.1) is 5.10 Å². The topological polar surface area (TPSA) is 49.2 Å². The van der Waals surface area contributed by atoms with Crippen LogP contribution in [0.3, 0.4) is 0 Å². The van der Waals surface area contributed by atoms with Crippen LogP contribution in [0.4, 0.5) is 0 Å². The average molecular weight is 278 g/mol. The minimum Gasteiger partial charge on any atom is -0.382 e. The molecule has 0 saturated heterocycles. The van der Waals surface area contributed by atoms with Crippen molar-refractivity contribution >= 4 is 15.9 Å². The maximum Gasteiger partial charge on any atom is 0.0960 e. The Labute approximate surface area is 97.9 Å². The van der Waals surface area contributed by atoms with Gasteiger partial charge in [0, 0.05) is 13.3 Å². The van der Waals surface area contributed by atoms with Crippen molar-refractivity contribution in [3.63, 3.8) is 0 Å². The summed E-state index contributed by atoms with van der Waals surface area (Å²) in [7, 11) is 1.66. The Morgan fingerprint density at radius 2 is 2.27 bits per heavy atom. The number of hydrogen-bond acceptors (Lipinski definition) is 4. The van der Waals surface area contributed by atoms with Crippen LogP contribution in [0.2, 0.25) is 0 Å². The Hall–Kier alpha value is -0.460. The van der Waals surface area contributed by atoms with E-state index in [1.54, 1.807) is 11.8 Å². The molecule has 0 fully saturated rings. The van der Waals surface area contributed by atoms with Crippen LogP contribution >= 0.6 is 15.9 Å². The molecule has 1 aromatic rings. The normalized spacial score (nSPS) is 13.0. The summed E-state index contributed by atoms with van der Waals surface area (Å²) in [6, 6.07) is 0.